The first kappa shape index (κ1) is 24.8. The third kappa shape index (κ3) is 5.35. The molecular formula is C27H26N2O7. The monoisotopic (exact) mass is 490 g/mol. The molecule has 0 unspecified atom stereocenters. The van der Waals surface area contributed by atoms with Gasteiger partial charge in [0.05, 0.1) is 35.3 Å². The van der Waals surface area contributed by atoms with Crippen molar-refractivity contribution >= 4 is 41.0 Å². The molecule has 0 aromatic heterocycles. The van der Waals surface area contributed by atoms with Crippen LogP contribution in [0.4, 0.5) is 11.4 Å². The number of imide groups is 1. The molecule has 0 bridgehead atoms. The number of hydrogen-bond donors (Lipinski definition) is 1. The van der Waals surface area contributed by atoms with Crippen LogP contribution in [0.2, 0.25) is 0 Å². The normalized spacial score (nSPS) is 18.5. The van der Waals surface area contributed by atoms with E-state index in [1.54, 1.807) is 12.1 Å². The molecule has 0 spiro atoms. The summed E-state index contributed by atoms with van der Waals surface area (Å²) in [6.45, 7) is 1.72. The SMILES string of the molecule is CCCOC(=O)c1ccc(NC(=O)COC(=O)c2ccc(N3C(=O)[C@@H]4CC=CC[C@H]4C3=O)cc2)cc1. The van der Waals surface area contributed by atoms with Gasteiger partial charge in [0.2, 0.25) is 11.8 Å². The van der Waals surface area contributed by atoms with E-state index >= 15 is 0 Å². The van der Waals surface area contributed by atoms with Gasteiger partial charge in [0, 0.05) is 5.69 Å². The molecule has 1 aliphatic heterocycles. The zero-order valence-corrected chi connectivity index (χ0v) is 19.8. The first-order valence-electron chi connectivity index (χ1n) is 11.8. The number of rotatable bonds is 8. The summed E-state index contributed by atoms with van der Waals surface area (Å²) >= 11 is 0. The molecule has 2 aromatic carbocycles. The van der Waals surface area contributed by atoms with Gasteiger partial charge in [-0.2, -0.15) is 0 Å². The third-order valence-electron chi connectivity index (χ3n) is 6.04. The number of fused-ring (bicyclic) bond motifs is 1. The molecule has 1 saturated heterocycles. The molecule has 1 fully saturated rings. The van der Waals surface area contributed by atoms with Gasteiger partial charge in [-0.3, -0.25) is 19.3 Å². The van der Waals surface area contributed by atoms with Crippen molar-refractivity contribution in [1.29, 1.82) is 0 Å². The molecule has 2 aromatic rings. The second-order valence-electron chi connectivity index (χ2n) is 8.55. The smallest absolute Gasteiger partial charge is 0.338 e. The number of benzene rings is 2. The van der Waals surface area contributed by atoms with E-state index in [2.05, 4.69) is 5.32 Å². The van der Waals surface area contributed by atoms with Crippen molar-refractivity contribution in [3.05, 3.63) is 71.8 Å². The Morgan fingerprint density at radius 2 is 1.36 bits per heavy atom. The van der Waals surface area contributed by atoms with Gasteiger partial charge in [-0.1, -0.05) is 19.1 Å². The van der Waals surface area contributed by atoms with Crippen LogP contribution in [0, 0.1) is 11.8 Å². The van der Waals surface area contributed by atoms with E-state index in [1.165, 1.54) is 41.3 Å². The number of ether oxygens (including phenoxy) is 2. The molecule has 4 rings (SSSR count). The first-order valence-corrected chi connectivity index (χ1v) is 11.8. The summed E-state index contributed by atoms with van der Waals surface area (Å²) in [5, 5.41) is 2.58. The Kier molecular flexibility index (Phi) is 7.58. The average Bonchev–Trinajstić information content (AvgIpc) is 3.16. The Morgan fingerprint density at radius 3 is 1.92 bits per heavy atom. The Labute approximate surface area is 208 Å². The van der Waals surface area contributed by atoms with E-state index in [9.17, 15) is 24.0 Å². The number of amides is 3. The number of allylic oxidation sites excluding steroid dienone is 2. The highest BCUT2D eigenvalue weighted by Gasteiger charge is 2.47. The van der Waals surface area contributed by atoms with E-state index in [4.69, 9.17) is 9.47 Å². The van der Waals surface area contributed by atoms with Crippen LogP contribution in [0.3, 0.4) is 0 Å². The lowest BCUT2D eigenvalue weighted by Crippen LogP contribution is -2.30. The minimum absolute atomic E-state index is 0.180. The molecule has 0 radical (unpaired) electrons. The molecule has 1 N–H and O–H groups in total. The molecule has 9 heteroatoms. The molecular weight excluding hydrogens is 464 g/mol. The Bertz CT molecular complexity index is 1180. The van der Waals surface area contributed by atoms with Gasteiger partial charge in [-0.05, 0) is 67.8 Å². The largest absolute Gasteiger partial charge is 0.462 e. The molecule has 186 valence electrons. The van der Waals surface area contributed by atoms with Crippen LogP contribution in [-0.2, 0) is 23.9 Å². The average molecular weight is 491 g/mol. The van der Waals surface area contributed by atoms with Crippen molar-refractivity contribution in [2.75, 3.05) is 23.4 Å². The summed E-state index contributed by atoms with van der Waals surface area (Å²) in [7, 11) is 0. The van der Waals surface area contributed by atoms with Crippen LogP contribution < -0.4 is 10.2 Å². The summed E-state index contributed by atoms with van der Waals surface area (Å²) in [6, 6.07) is 12.1. The number of carbonyl (C=O) groups excluding carboxylic acids is 5. The zero-order chi connectivity index (χ0) is 25.7. The first-order chi connectivity index (χ1) is 17.4. The number of hydrogen-bond acceptors (Lipinski definition) is 7. The summed E-state index contributed by atoms with van der Waals surface area (Å²) in [5.74, 6) is -2.84. The highest BCUT2D eigenvalue weighted by Crippen LogP contribution is 2.37. The number of carbonyl (C=O) groups is 5. The van der Waals surface area contributed by atoms with Gasteiger partial charge >= 0.3 is 11.9 Å². The van der Waals surface area contributed by atoms with E-state index in [0.717, 1.165) is 6.42 Å². The van der Waals surface area contributed by atoms with Crippen LogP contribution in [0.5, 0.6) is 0 Å². The maximum atomic E-state index is 12.7. The van der Waals surface area contributed by atoms with Gasteiger partial charge in [0.25, 0.3) is 5.91 Å². The predicted molar refractivity (Wildman–Crippen MR) is 130 cm³/mol. The molecule has 0 saturated carbocycles. The second kappa shape index (κ2) is 11.0. The van der Waals surface area contributed by atoms with Gasteiger partial charge in [0.15, 0.2) is 6.61 Å². The van der Waals surface area contributed by atoms with Crippen molar-refractivity contribution in [2.24, 2.45) is 11.8 Å². The minimum Gasteiger partial charge on any atom is -0.462 e. The topological polar surface area (TPSA) is 119 Å². The van der Waals surface area contributed by atoms with Crippen LogP contribution in [-0.4, -0.2) is 42.9 Å². The molecule has 1 heterocycles. The van der Waals surface area contributed by atoms with Crippen molar-refractivity contribution in [2.45, 2.75) is 26.2 Å². The third-order valence-corrected chi connectivity index (χ3v) is 6.04. The number of nitrogens with one attached hydrogen (secondary N) is 1. The summed E-state index contributed by atoms with van der Waals surface area (Å²) in [6.07, 6.45) is 5.66. The maximum Gasteiger partial charge on any atom is 0.338 e. The second-order valence-corrected chi connectivity index (χ2v) is 8.55. The van der Waals surface area contributed by atoms with Crippen molar-refractivity contribution < 1.29 is 33.4 Å². The molecule has 1 aliphatic carbocycles. The fourth-order valence-corrected chi connectivity index (χ4v) is 4.18. The van der Waals surface area contributed by atoms with Gasteiger partial charge in [-0.15, -0.1) is 0 Å². The Morgan fingerprint density at radius 1 is 0.833 bits per heavy atom. The van der Waals surface area contributed by atoms with Crippen molar-refractivity contribution in [3.63, 3.8) is 0 Å². The van der Waals surface area contributed by atoms with E-state index in [1.807, 2.05) is 19.1 Å². The highest BCUT2D eigenvalue weighted by molar-refractivity contribution is 6.22. The van der Waals surface area contributed by atoms with Gasteiger partial charge in [-0.25, -0.2) is 9.59 Å². The van der Waals surface area contributed by atoms with Gasteiger partial charge in [0.1, 0.15) is 0 Å². The van der Waals surface area contributed by atoms with Crippen LogP contribution in [0.1, 0.15) is 46.9 Å². The Hall–Kier alpha value is -4.27. The lowest BCUT2D eigenvalue weighted by atomic mass is 9.85. The minimum atomic E-state index is -0.720. The number of nitrogens with zero attached hydrogens (tertiary/aromatic N) is 1. The molecule has 9 nitrogen and oxygen atoms in total. The van der Waals surface area contributed by atoms with E-state index in [-0.39, 0.29) is 29.2 Å². The zero-order valence-electron chi connectivity index (χ0n) is 19.8. The van der Waals surface area contributed by atoms with Crippen LogP contribution in [0.15, 0.2) is 60.7 Å². The molecule has 3 amide bonds. The number of esters is 2. The highest BCUT2D eigenvalue weighted by atomic mass is 16.5. The quantitative estimate of drug-likeness (QED) is 0.342. The maximum absolute atomic E-state index is 12.7. The van der Waals surface area contributed by atoms with Crippen LogP contribution in [0.25, 0.3) is 0 Å². The van der Waals surface area contributed by atoms with Gasteiger partial charge < -0.3 is 14.8 Å². The summed E-state index contributed by atoms with van der Waals surface area (Å²) in [4.78, 5) is 62.9. The molecule has 2 atom stereocenters. The summed E-state index contributed by atoms with van der Waals surface area (Å²) < 4.78 is 10.1. The standard InChI is InChI=1S/C27H26N2O7/c1-2-15-35-26(33)17-7-11-19(12-8-17)28-23(30)16-36-27(34)18-9-13-20(14-10-18)29-24(31)21-5-3-4-6-22(21)25(29)32/h3-4,7-14,21-22H,2,5-6,15-16H2,1H3,(H,28,30)/t21-,22-/m1/s1. The van der Waals surface area contributed by atoms with E-state index in [0.29, 0.717) is 36.4 Å². The lowest BCUT2D eigenvalue weighted by Gasteiger charge is -2.15. The van der Waals surface area contributed by atoms with E-state index < -0.39 is 24.5 Å². The molecule has 36 heavy (non-hydrogen) atoms. The van der Waals surface area contributed by atoms with Crippen LogP contribution >= 0.6 is 0 Å². The van der Waals surface area contributed by atoms with Crippen molar-refractivity contribution in [3.8, 4) is 0 Å². The lowest BCUT2D eigenvalue weighted by molar-refractivity contribution is -0.122. The predicted octanol–water partition coefficient (Wildman–Crippen LogP) is 3.50. The number of anilines is 2. The fraction of sp³-hybridized carbons (Fsp3) is 0.296. The fourth-order valence-electron chi connectivity index (χ4n) is 4.18. The Balaban J connectivity index is 1.29. The van der Waals surface area contributed by atoms with Crippen molar-refractivity contribution in [1.82, 2.24) is 0 Å². The molecule has 2 aliphatic rings. The summed E-state index contributed by atoms with van der Waals surface area (Å²) in [5.41, 5.74) is 1.38.